The van der Waals surface area contributed by atoms with E-state index in [0.717, 1.165) is 11.1 Å². The van der Waals surface area contributed by atoms with Gasteiger partial charge in [-0.2, -0.15) is 0 Å². The van der Waals surface area contributed by atoms with E-state index in [9.17, 15) is 13.2 Å². The van der Waals surface area contributed by atoms with Crippen molar-refractivity contribution in [2.24, 2.45) is 0 Å². The van der Waals surface area contributed by atoms with Gasteiger partial charge in [0.15, 0.2) is 9.84 Å². The highest BCUT2D eigenvalue weighted by atomic mass is 32.2. The fourth-order valence-electron chi connectivity index (χ4n) is 2.11. The predicted octanol–water partition coefficient (Wildman–Crippen LogP) is 2.65. The van der Waals surface area contributed by atoms with E-state index in [-0.39, 0.29) is 10.9 Å². The number of hydrogen-bond acceptors (Lipinski definition) is 3. The van der Waals surface area contributed by atoms with Gasteiger partial charge in [0.25, 0.3) is 0 Å². The van der Waals surface area contributed by atoms with E-state index in [1.54, 1.807) is 12.1 Å². The summed E-state index contributed by atoms with van der Waals surface area (Å²) in [5.41, 5.74) is 1.91. The maximum atomic E-state index is 12.2. The Labute approximate surface area is 131 Å². The van der Waals surface area contributed by atoms with E-state index in [4.69, 9.17) is 0 Å². The number of carbonyl (C=O) groups excluding carboxylic acids is 1. The van der Waals surface area contributed by atoms with E-state index in [0.29, 0.717) is 0 Å². The second-order valence-electron chi connectivity index (χ2n) is 5.27. The molecule has 1 amide bonds. The number of benzene rings is 2. The molecule has 0 saturated heterocycles. The summed E-state index contributed by atoms with van der Waals surface area (Å²) in [6.45, 7) is 3.70. The lowest BCUT2D eigenvalue weighted by molar-refractivity contribution is -0.119. The molecule has 2 aromatic carbocycles. The molecule has 0 fully saturated rings. The van der Waals surface area contributed by atoms with Crippen LogP contribution in [-0.2, 0) is 14.6 Å². The Morgan fingerprint density at radius 3 is 2.23 bits per heavy atom. The molecule has 0 aliphatic carbocycles. The quantitative estimate of drug-likeness (QED) is 0.922. The fraction of sp³-hybridized carbons (Fsp3) is 0.235. The molecule has 0 radical (unpaired) electrons. The number of rotatable bonds is 5. The molecule has 22 heavy (non-hydrogen) atoms. The maximum Gasteiger partial charge on any atom is 0.236 e. The van der Waals surface area contributed by atoms with Crippen LogP contribution in [0.15, 0.2) is 59.5 Å². The van der Waals surface area contributed by atoms with Gasteiger partial charge in [-0.3, -0.25) is 4.79 Å². The summed E-state index contributed by atoms with van der Waals surface area (Å²) in [5, 5.41) is 2.72. The second kappa shape index (κ2) is 6.75. The van der Waals surface area contributed by atoms with E-state index in [2.05, 4.69) is 5.32 Å². The van der Waals surface area contributed by atoms with Crippen LogP contribution in [0.25, 0.3) is 0 Å². The van der Waals surface area contributed by atoms with Crippen molar-refractivity contribution in [1.29, 1.82) is 0 Å². The van der Waals surface area contributed by atoms with Gasteiger partial charge < -0.3 is 5.32 Å². The molecule has 1 N–H and O–H groups in total. The van der Waals surface area contributed by atoms with Crippen molar-refractivity contribution in [3.63, 3.8) is 0 Å². The highest BCUT2D eigenvalue weighted by Crippen LogP contribution is 2.14. The van der Waals surface area contributed by atoms with Gasteiger partial charge in [0.05, 0.1) is 10.9 Å². The molecule has 1 atom stereocenters. The molecule has 4 nitrogen and oxygen atoms in total. The van der Waals surface area contributed by atoms with Gasteiger partial charge in [-0.1, -0.05) is 48.0 Å². The molecule has 2 aromatic rings. The summed E-state index contributed by atoms with van der Waals surface area (Å²) in [6, 6.07) is 15.7. The van der Waals surface area contributed by atoms with Gasteiger partial charge in [0.2, 0.25) is 5.91 Å². The monoisotopic (exact) mass is 317 g/mol. The molecule has 0 aliphatic heterocycles. The Kier molecular flexibility index (Phi) is 4.98. The minimum atomic E-state index is -3.62. The number of sulfone groups is 1. The highest BCUT2D eigenvalue weighted by Gasteiger charge is 2.20. The number of amides is 1. The van der Waals surface area contributed by atoms with Gasteiger partial charge in [-0.05, 0) is 31.5 Å². The molecule has 0 unspecified atom stereocenters. The van der Waals surface area contributed by atoms with Gasteiger partial charge in [-0.25, -0.2) is 8.42 Å². The predicted molar refractivity (Wildman–Crippen MR) is 86.2 cm³/mol. The van der Waals surface area contributed by atoms with Crippen LogP contribution in [0.4, 0.5) is 0 Å². The molecule has 0 aromatic heterocycles. The van der Waals surface area contributed by atoms with Crippen LogP contribution in [0.2, 0.25) is 0 Å². The number of nitrogens with one attached hydrogen (secondary N) is 1. The summed E-state index contributed by atoms with van der Waals surface area (Å²) in [7, 11) is -3.62. The first-order valence-electron chi connectivity index (χ1n) is 7.02. The number of aryl methyl sites for hydroxylation is 1. The van der Waals surface area contributed by atoms with Crippen LogP contribution in [-0.4, -0.2) is 20.1 Å². The molecule has 0 saturated carbocycles. The van der Waals surface area contributed by atoms with Gasteiger partial charge in [0.1, 0.15) is 5.75 Å². The van der Waals surface area contributed by atoms with Gasteiger partial charge >= 0.3 is 0 Å². The molecule has 0 spiro atoms. The van der Waals surface area contributed by atoms with Crippen LogP contribution < -0.4 is 5.32 Å². The third-order valence-electron chi connectivity index (χ3n) is 3.38. The molecular formula is C17H19NO3S. The lowest BCUT2D eigenvalue weighted by Gasteiger charge is -2.14. The topological polar surface area (TPSA) is 63.2 Å². The Hall–Kier alpha value is -2.14. The molecule has 0 aliphatic rings. The van der Waals surface area contributed by atoms with E-state index in [1.807, 2.05) is 44.2 Å². The molecule has 5 heteroatoms. The van der Waals surface area contributed by atoms with Crippen LogP contribution in [0, 0.1) is 6.92 Å². The van der Waals surface area contributed by atoms with E-state index < -0.39 is 21.5 Å². The zero-order chi connectivity index (χ0) is 16.2. The Bertz CT molecular complexity index is 737. The minimum absolute atomic E-state index is 0.167. The number of hydrogen-bond donors (Lipinski definition) is 1. The average molecular weight is 317 g/mol. The van der Waals surface area contributed by atoms with Crippen LogP contribution in [0.5, 0.6) is 0 Å². The van der Waals surface area contributed by atoms with Crippen molar-refractivity contribution in [2.45, 2.75) is 24.8 Å². The molecule has 116 valence electrons. The third kappa shape index (κ3) is 4.18. The van der Waals surface area contributed by atoms with Gasteiger partial charge in [-0.15, -0.1) is 0 Å². The lowest BCUT2D eigenvalue weighted by atomic mass is 10.1. The SMILES string of the molecule is Cc1ccc(S(=O)(=O)CC(=O)N[C@@H](C)c2ccccc2)cc1. The van der Waals surface area contributed by atoms with Crippen molar-refractivity contribution in [3.8, 4) is 0 Å². The highest BCUT2D eigenvalue weighted by molar-refractivity contribution is 7.92. The van der Waals surface area contributed by atoms with E-state index >= 15 is 0 Å². The Balaban J connectivity index is 2.03. The maximum absolute atomic E-state index is 12.2. The summed E-state index contributed by atoms with van der Waals surface area (Å²) in [4.78, 5) is 12.2. The average Bonchev–Trinajstić information content (AvgIpc) is 2.48. The molecule has 0 bridgehead atoms. The van der Waals surface area contributed by atoms with Crippen molar-refractivity contribution in [3.05, 3.63) is 65.7 Å². The summed E-state index contributed by atoms with van der Waals surface area (Å²) in [6.07, 6.45) is 0. The smallest absolute Gasteiger partial charge is 0.236 e. The zero-order valence-electron chi connectivity index (χ0n) is 12.6. The summed E-state index contributed by atoms with van der Waals surface area (Å²) < 4.78 is 24.4. The molecule has 2 rings (SSSR count). The molecule has 0 heterocycles. The van der Waals surface area contributed by atoms with Crippen LogP contribution in [0.1, 0.15) is 24.1 Å². The summed E-state index contributed by atoms with van der Waals surface area (Å²) in [5.74, 6) is -1.05. The Morgan fingerprint density at radius 1 is 1.05 bits per heavy atom. The van der Waals surface area contributed by atoms with E-state index in [1.165, 1.54) is 12.1 Å². The fourth-order valence-corrected chi connectivity index (χ4v) is 3.26. The zero-order valence-corrected chi connectivity index (χ0v) is 13.4. The minimum Gasteiger partial charge on any atom is -0.349 e. The summed E-state index contributed by atoms with van der Waals surface area (Å²) >= 11 is 0. The van der Waals surface area contributed by atoms with Crippen molar-refractivity contribution < 1.29 is 13.2 Å². The number of carbonyl (C=O) groups is 1. The first-order valence-corrected chi connectivity index (χ1v) is 8.67. The van der Waals surface area contributed by atoms with Gasteiger partial charge in [0, 0.05) is 0 Å². The first kappa shape index (κ1) is 16.2. The van der Waals surface area contributed by atoms with Crippen molar-refractivity contribution in [1.82, 2.24) is 5.32 Å². The van der Waals surface area contributed by atoms with Crippen LogP contribution in [0.3, 0.4) is 0 Å². The first-order chi connectivity index (χ1) is 10.4. The van der Waals surface area contributed by atoms with Crippen molar-refractivity contribution in [2.75, 3.05) is 5.75 Å². The standard InChI is InChI=1S/C17H19NO3S/c1-13-8-10-16(11-9-13)22(20,21)12-17(19)18-14(2)15-6-4-3-5-7-15/h3-11,14H,12H2,1-2H3,(H,18,19)/t14-/m0/s1. The largest absolute Gasteiger partial charge is 0.349 e. The molecular weight excluding hydrogens is 298 g/mol. The lowest BCUT2D eigenvalue weighted by Crippen LogP contribution is -2.32. The Morgan fingerprint density at radius 2 is 1.64 bits per heavy atom. The second-order valence-corrected chi connectivity index (χ2v) is 7.26. The van der Waals surface area contributed by atoms with Crippen LogP contribution >= 0.6 is 0 Å². The van der Waals surface area contributed by atoms with Crippen molar-refractivity contribution >= 4 is 15.7 Å². The third-order valence-corrected chi connectivity index (χ3v) is 5.01. The normalized spacial score (nSPS) is 12.6.